The minimum absolute atomic E-state index is 0.266. The van der Waals surface area contributed by atoms with Gasteiger partial charge in [-0.25, -0.2) is 14.6 Å². The molecule has 3 aromatic heterocycles. The molecule has 9 heteroatoms. The Kier molecular flexibility index (Phi) is 4.43. The molecule has 3 heterocycles. The van der Waals surface area contributed by atoms with Gasteiger partial charge in [-0.1, -0.05) is 15.9 Å². The van der Waals surface area contributed by atoms with Gasteiger partial charge < -0.3 is 5.32 Å². The molecule has 0 atom stereocenters. The number of nitrogens with one attached hydrogen (secondary N) is 1. The Morgan fingerprint density at radius 1 is 1.24 bits per heavy atom. The number of anilines is 1. The molecule has 0 saturated heterocycles. The summed E-state index contributed by atoms with van der Waals surface area (Å²) in [5.74, 6) is -0.266. The maximum Gasteiger partial charge on any atom is 0.275 e. The van der Waals surface area contributed by atoms with E-state index in [2.05, 4.69) is 36.3 Å². The van der Waals surface area contributed by atoms with Gasteiger partial charge in [-0.2, -0.15) is 16.4 Å². The number of amides is 1. The molecule has 0 bridgehead atoms. The number of hydrogen-bond acceptors (Lipinski definition) is 6. The molecule has 1 amide bonds. The Balaban J connectivity index is 1.62. The van der Waals surface area contributed by atoms with Gasteiger partial charge in [0, 0.05) is 20.8 Å². The predicted molar refractivity (Wildman–Crippen MR) is 102 cm³/mol. The van der Waals surface area contributed by atoms with Gasteiger partial charge in [-0.3, -0.25) is 4.79 Å². The van der Waals surface area contributed by atoms with E-state index >= 15 is 0 Å². The van der Waals surface area contributed by atoms with Crippen LogP contribution in [0.25, 0.3) is 16.3 Å². The number of thiazole rings is 1. The Morgan fingerprint density at radius 2 is 2.16 bits per heavy atom. The highest BCUT2D eigenvalue weighted by Gasteiger charge is 2.15. The zero-order valence-electron chi connectivity index (χ0n) is 12.6. The lowest BCUT2D eigenvalue weighted by atomic mass is 10.2. The first kappa shape index (κ1) is 16.1. The van der Waals surface area contributed by atoms with E-state index in [-0.39, 0.29) is 5.91 Å². The number of carbonyl (C=O) groups excluding carboxylic acids is 1. The van der Waals surface area contributed by atoms with Crippen molar-refractivity contribution in [3.63, 3.8) is 0 Å². The molecule has 25 heavy (non-hydrogen) atoms. The highest BCUT2D eigenvalue weighted by Crippen LogP contribution is 2.27. The number of halogens is 1. The van der Waals surface area contributed by atoms with Crippen LogP contribution in [0.1, 0.15) is 10.5 Å². The Labute approximate surface area is 159 Å². The van der Waals surface area contributed by atoms with Crippen molar-refractivity contribution in [2.45, 2.75) is 0 Å². The average molecular weight is 432 g/mol. The third-order valence-corrected chi connectivity index (χ3v) is 5.45. The van der Waals surface area contributed by atoms with Crippen molar-refractivity contribution in [3.8, 4) is 16.3 Å². The third-order valence-electron chi connectivity index (χ3n) is 3.38. The summed E-state index contributed by atoms with van der Waals surface area (Å²) < 4.78 is 2.45. The Morgan fingerprint density at radius 3 is 2.92 bits per heavy atom. The molecule has 0 aliphatic rings. The minimum Gasteiger partial charge on any atom is -0.319 e. The summed E-state index contributed by atoms with van der Waals surface area (Å²) in [6.07, 6.45) is 3.03. The van der Waals surface area contributed by atoms with E-state index in [1.807, 2.05) is 35.0 Å². The summed E-state index contributed by atoms with van der Waals surface area (Å²) in [6.45, 7) is 0. The quantitative estimate of drug-likeness (QED) is 0.517. The molecule has 4 aromatic rings. The lowest BCUT2D eigenvalue weighted by molar-refractivity contribution is 0.102. The standard InChI is InChI=1S/C16H10BrN5OS2/c17-11-1-2-14(22-9-18-8-19-22)12(5-11)20-15(23)13-7-25-16(21-13)10-3-4-24-6-10/h1-9H,(H,20,23). The molecule has 4 rings (SSSR count). The fourth-order valence-corrected chi connectivity index (χ4v) is 4.10. The SMILES string of the molecule is O=C(Nc1cc(Br)ccc1-n1cncn1)c1csc(-c2ccsc2)n1. The maximum absolute atomic E-state index is 12.6. The van der Waals surface area contributed by atoms with Gasteiger partial charge in [0.15, 0.2) is 0 Å². The molecular formula is C16H10BrN5OS2. The zero-order valence-corrected chi connectivity index (χ0v) is 15.8. The molecule has 0 unspecified atom stereocenters. The maximum atomic E-state index is 12.6. The van der Waals surface area contributed by atoms with Gasteiger partial charge in [0.05, 0.1) is 11.4 Å². The van der Waals surface area contributed by atoms with E-state index < -0.39 is 0 Å². The van der Waals surface area contributed by atoms with Crippen LogP contribution >= 0.6 is 38.6 Å². The van der Waals surface area contributed by atoms with Gasteiger partial charge >= 0.3 is 0 Å². The number of benzene rings is 1. The summed E-state index contributed by atoms with van der Waals surface area (Å²) in [7, 11) is 0. The number of rotatable bonds is 4. The van der Waals surface area contributed by atoms with Crippen molar-refractivity contribution >= 4 is 50.2 Å². The molecule has 1 aromatic carbocycles. The molecule has 124 valence electrons. The monoisotopic (exact) mass is 431 g/mol. The lowest BCUT2D eigenvalue weighted by Gasteiger charge is -2.10. The fourth-order valence-electron chi connectivity index (χ4n) is 2.22. The number of thiophene rings is 1. The van der Waals surface area contributed by atoms with Crippen molar-refractivity contribution in [2.24, 2.45) is 0 Å². The van der Waals surface area contributed by atoms with Crippen molar-refractivity contribution in [3.05, 3.63) is 63.2 Å². The van der Waals surface area contributed by atoms with Crippen LogP contribution in [-0.2, 0) is 0 Å². The van der Waals surface area contributed by atoms with Crippen molar-refractivity contribution in [1.82, 2.24) is 19.7 Å². The van der Waals surface area contributed by atoms with Crippen LogP contribution in [0.4, 0.5) is 5.69 Å². The summed E-state index contributed by atoms with van der Waals surface area (Å²) in [5, 5.41) is 13.6. The topological polar surface area (TPSA) is 72.7 Å². The van der Waals surface area contributed by atoms with Crippen LogP contribution in [0.5, 0.6) is 0 Å². The molecule has 0 aliphatic carbocycles. The van der Waals surface area contributed by atoms with E-state index in [9.17, 15) is 4.79 Å². The number of nitrogens with zero attached hydrogens (tertiary/aromatic N) is 4. The molecule has 1 N–H and O–H groups in total. The fraction of sp³-hybridized carbons (Fsp3) is 0. The van der Waals surface area contributed by atoms with E-state index in [1.165, 1.54) is 17.7 Å². The number of hydrogen-bond donors (Lipinski definition) is 1. The largest absolute Gasteiger partial charge is 0.319 e. The summed E-state index contributed by atoms with van der Waals surface area (Å²) in [4.78, 5) is 21.0. The Hall–Kier alpha value is -2.36. The second kappa shape index (κ2) is 6.87. The molecule has 6 nitrogen and oxygen atoms in total. The molecule has 0 aliphatic heterocycles. The van der Waals surface area contributed by atoms with Gasteiger partial charge in [-0.15, -0.1) is 11.3 Å². The molecule has 0 radical (unpaired) electrons. The van der Waals surface area contributed by atoms with Crippen LogP contribution in [0.3, 0.4) is 0 Å². The van der Waals surface area contributed by atoms with E-state index in [4.69, 9.17) is 0 Å². The second-order valence-corrected chi connectivity index (χ2v) is 7.56. The number of carbonyl (C=O) groups is 1. The summed E-state index contributed by atoms with van der Waals surface area (Å²) in [6, 6.07) is 7.54. The normalized spacial score (nSPS) is 10.8. The van der Waals surface area contributed by atoms with Crippen molar-refractivity contribution in [2.75, 3.05) is 5.32 Å². The lowest BCUT2D eigenvalue weighted by Crippen LogP contribution is -2.14. The van der Waals surface area contributed by atoms with Gasteiger partial charge in [0.25, 0.3) is 5.91 Å². The van der Waals surface area contributed by atoms with Crippen LogP contribution in [0.2, 0.25) is 0 Å². The smallest absolute Gasteiger partial charge is 0.275 e. The molecule has 0 fully saturated rings. The van der Waals surface area contributed by atoms with Crippen molar-refractivity contribution < 1.29 is 4.79 Å². The first-order chi connectivity index (χ1) is 12.2. The van der Waals surface area contributed by atoms with Crippen LogP contribution in [-0.4, -0.2) is 25.7 Å². The van der Waals surface area contributed by atoms with Crippen LogP contribution in [0, 0.1) is 0 Å². The van der Waals surface area contributed by atoms with Crippen molar-refractivity contribution in [1.29, 1.82) is 0 Å². The first-order valence-corrected chi connectivity index (χ1v) is 9.76. The highest BCUT2D eigenvalue weighted by molar-refractivity contribution is 9.10. The highest BCUT2D eigenvalue weighted by atomic mass is 79.9. The molecule has 0 saturated carbocycles. The summed E-state index contributed by atoms with van der Waals surface area (Å²) >= 11 is 6.48. The van der Waals surface area contributed by atoms with Gasteiger partial charge in [0.1, 0.15) is 23.4 Å². The average Bonchev–Trinajstić information content (AvgIpc) is 3.35. The van der Waals surface area contributed by atoms with Crippen LogP contribution in [0.15, 0.2) is 57.5 Å². The molecular weight excluding hydrogens is 422 g/mol. The van der Waals surface area contributed by atoms with E-state index in [0.29, 0.717) is 11.4 Å². The third kappa shape index (κ3) is 3.39. The van der Waals surface area contributed by atoms with Gasteiger partial charge in [0.2, 0.25) is 0 Å². The Bertz CT molecular complexity index is 1010. The molecule has 0 spiro atoms. The zero-order chi connectivity index (χ0) is 17.2. The minimum atomic E-state index is -0.266. The second-order valence-electron chi connectivity index (χ2n) is 5.01. The predicted octanol–water partition coefficient (Wildman–Crippen LogP) is 4.47. The van der Waals surface area contributed by atoms with E-state index in [1.54, 1.807) is 27.7 Å². The number of aromatic nitrogens is 4. The summed E-state index contributed by atoms with van der Waals surface area (Å²) in [5.41, 5.74) is 2.76. The van der Waals surface area contributed by atoms with Gasteiger partial charge in [-0.05, 0) is 29.6 Å². The first-order valence-electron chi connectivity index (χ1n) is 7.15. The van der Waals surface area contributed by atoms with Crippen LogP contribution < -0.4 is 5.32 Å². The van der Waals surface area contributed by atoms with E-state index in [0.717, 1.165) is 20.7 Å².